The van der Waals surface area contributed by atoms with Crippen molar-refractivity contribution in [2.45, 2.75) is 62.9 Å². The molecule has 260 valence electrons. The minimum atomic E-state index is -3.76. The molecule has 15 heteroatoms. The van der Waals surface area contributed by atoms with Crippen LogP contribution in [0.25, 0.3) is 11.1 Å². The van der Waals surface area contributed by atoms with Gasteiger partial charge in [-0.05, 0) is 74.5 Å². The number of likely N-dealkylation sites (tertiary alicyclic amines) is 1. The van der Waals surface area contributed by atoms with E-state index in [0.29, 0.717) is 28.5 Å². The van der Waals surface area contributed by atoms with Gasteiger partial charge in [0.15, 0.2) is 5.58 Å². The van der Waals surface area contributed by atoms with Gasteiger partial charge in [0, 0.05) is 25.1 Å². The molecular formula is C33H42ClN5O8S. The van der Waals surface area contributed by atoms with Gasteiger partial charge >= 0.3 is 0 Å². The van der Waals surface area contributed by atoms with Crippen molar-refractivity contribution in [3.05, 3.63) is 65.0 Å². The van der Waals surface area contributed by atoms with E-state index in [1.807, 2.05) is 12.1 Å². The molecular weight excluding hydrogens is 662 g/mol. The van der Waals surface area contributed by atoms with Crippen molar-refractivity contribution < 1.29 is 36.7 Å². The van der Waals surface area contributed by atoms with Gasteiger partial charge in [0.25, 0.3) is 5.89 Å². The molecule has 5 rings (SSSR count). The zero-order valence-electron chi connectivity index (χ0n) is 27.0. The number of sulfonamides is 1. The number of halogens is 1. The normalized spacial score (nSPS) is 20.1. The van der Waals surface area contributed by atoms with Crippen molar-refractivity contribution in [3.63, 3.8) is 0 Å². The number of ketones is 1. The Hall–Kier alpha value is -3.40. The highest BCUT2D eigenvalue weighted by molar-refractivity contribution is 7.88. The van der Waals surface area contributed by atoms with E-state index in [2.05, 4.69) is 20.3 Å². The van der Waals surface area contributed by atoms with E-state index < -0.39 is 51.9 Å². The van der Waals surface area contributed by atoms with Crippen molar-refractivity contribution in [1.29, 1.82) is 0 Å². The van der Waals surface area contributed by atoms with Crippen LogP contribution in [0.5, 0.6) is 0 Å². The summed E-state index contributed by atoms with van der Waals surface area (Å²) >= 11 is 6.02. The van der Waals surface area contributed by atoms with Crippen LogP contribution in [-0.2, 0) is 35.7 Å². The van der Waals surface area contributed by atoms with Gasteiger partial charge < -0.3 is 29.4 Å². The summed E-state index contributed by atoms with van der Waals surface area (Å²) in [5, 5.41) is 6.63. The number of rotatable bonds is 15. The van der Waals surface area contributed by atoms with Crippen LogP contribution in [0, 0.1) is 5.92 Å². The Morgan fingerprint density at radius 3 is 2.52 bits per heavy atom. The maximum Gasteiger partial charge on any atom is 0.266 e. The van der Waals surface area contributed by atoms with Crippen LogP contribution in [0.4, 0.5) is 0 Å². The third kappa shape index (κ3) is 9.61. The van der Waals surface area contributed by atoms with Crippen LogP contribution in [0.2, 0.25) is 5.02 Å². The molecule has 1 aromatic heterocycles. The highest BCUT2D eigenvalue weighted by atomic mass is 35.5. The first-order chi connectivity index (χ1) is 23.0. The summed E-state index contributed by atoms with van der Waals surface area (Å²) in [4.78, 5) is 47.2. The predicted molar refractivity (Wildman–Crippen MR) is 179 cm³/mol. The number of carbonyl (C=O) groups is 3. The Balaban J connectivity index is 1.35. The van der Waals surface area contributed by atoms with E-state index in [4.69, 9.17) is 25.5 Å². The van der Waals surface area contributed by atoms with Gasteiger partial charge in [-0.2, -0.15) is 0 Å². The first-order valence-electron chi connectivity index (χ1n) is 16.0. The highest BCUT2D eigenvalue weighted by Gasteiger charge is 2.44. The molecule has 2 aliphatic rings. The lowest BCUT2D eigenvalue weighted by Gasteiger charge is -2.30. The quantitative estimate of drug-likeness (QED) is 0.200. The fourth-order valence-electron chi connectivity index (χ4n) is 6.21. The molecule has 3 aromatic rings. The summed E-state index contributed by atoms with van der Waals surface area (Å²) < 4.78 is 44.4. The first kappa shape index (κ1) is 35.9. The standard InChI is InChI=1S/C33H42ClN5O8S/c1-45-20-27(30(40)32-37-25-5-3-4-6-29(25)47-32)36-31(41)28-17-24(46-19-22-7-10-23(34)11-8-22)18-39(28)33(42)26(38-48(2,43)44)12-9-21-13-15-35-16-14-21/h3-8,10-11,21,24,26-28,35,38H,9,12-20H2,1-2H3,(H,36,41)/t24-,26-,27+,28+/m1/s1. The van der Waals surface area contributed by atoms with Gasteiger partial charge in [-0.3, -0.25) is 14.4 Å². The Bertz CT molecular complexity index is 1650. The minimum Gasteiger partial charge on any atom is -0.434 e. The van der Waals surface area contributed by atoms with Crippen molar-refractivity contribution >= 4 is 50.3 Å². The van der Waals surface area contributed by atoms with E-state index in [-0.39, 0.29) is 38.5 Å². The van der Waals surface area contributed by atoms with Gasteiger partial charge in [-0.1, -0.05) is 35.9 Å². The second-order valence-corrected chi connectivity index (χ2v) is 14.6. The third-order valence-electron chi connectivity index (χ3n) is 8.70. The summed E-state index contributed by atoms with van der Waals surface area (Å²) in [6, 6.07) is 10.8. The number of carbonyl (C=O) groups excluding carboxylic acids is 3. The smallest absolute Gasteiger partial charge is 0.266 e. The topological polar surface area (TPSA) is 169 Å². The number of aromatic nitrogens is 1. The number of oxazole rings is 1. The predicted octanol–water partition coefficient (Wildman–Crippen LogP) is 2.68. The Labute approximate surface area is 285 Å². The van der Waals surface area contributed by atoms with Crippen molar-refractivity contribution in [2.75, 3.05) is 39.6 Å². The number of nitrogens with zero attached hydrogens (tertiary/aromatic N) is 2. The van der Waals surface area contributed by atoms with E-state index >= 15 is 0 Å². The van der Waals surface area contributed by atoms with E-state index in [1.165, 1.54) is 12.0 Å². The molecule has 0 spiro atoms. The molecule has 2 amide bonds. The minimum absolute atomic E-state index is 0.0494. The van der Waals surface area contributed by atoms with Gasteiger partial charge in [-0.15, -0.1) is 0 Å². The van der Waals surface area contributed by atoms with Crippen molar-refractivity contribution in [1.82, 2.24) is 25.2 Å². The average Bonchev–Trinajstić information content (AvgIpc) is 3.70. The second kappa shape index (κ2) is 16.3. The molecule has 2 fully saturated rings. The molecule has 48 heavy (non-hydrogen) atoms. The lowest BCUT2D eigenvalue weighted by Crippen LogP contribution is -2.56. The number of methoxy groups -OCH3 is 1. The number of fused-ring (bicyclic) bond motifs is 1. The maximum absolute atomic E-state index is 14.2. The molecule has 2 saturated heterocycles. The van der Waals surface area contributed by atoms with Crippen molar-refractivity contribution in [3.8, 4) is 0 Å². The molecule has 0 radical (unpaired) electrons. The number of benzene rings is 2. The average molecular weight is 704 g/mol. The van der Waals surface area contributed by atoms with Gasteiger partial charge in [0.05, 0.1) is 25.6 Å². The molecule has 3 N–H and O–H groups in total. The van der Waals surface area contributed by atoms with E-state index in [0.717, 1.165) is 37.8 Å². The van der Waals surface area contributed by atoms with Crippen LogP contribution in [0.15, 0.2) is 52.9 Å². The fraction of sp³-hybridized carbons (Fsp3) is 0.515. The van der Waals surface area contributed by atoms with E-state index in [9.17, 15) is 22.8 Å². The van der Waals surface area contributed by atoms with Crippen LogP contribution < -0.4 is 15.4 Å². The Kier molecular flexibility index (Phi) is 12.2. The number of amides is 2. The molecule has 2 aromatic carbocycles. The zero-order valence-corrected chi connectivity index (χ0v) is 28.6. The lowest BCUT2D eigenvalue weighted by molar-refractivity contribution is -0.140. The first-order valence-corrected chi connectivity index (χ1v) is 18.3. The molecule has 0 saturated carbocycles. The van der Waals surface area contributed by atoms with Gasteiger partial charge in [-0.25, -0.2) is 18.1 Å². The molecule has 0 bridgehead atoms. The van der Waals surface area contributed by atoms with Crippen molar-refractivity contribution in [2.24, 2.45) is 5.92 Å². The van der Waals surface area contributed by atoms with E-state index in [1.54, 1.807) is 36.4 Å². The number of ether oxygens (including phenoxy) is 2. The van der Waals surface area contributed by atoms with Crippen LogP contribution >= 0.6 is 11.6 Å². The molecule has 0 unspecified atom stereocenters. The largest absolute Gasteiger partial charge is 0.434 e. The zero-order chi connectivity index (χ0) is 34.3. The molecule has 3 heterocycles. The lowest BCUT2D eigenvalue weighted by atomic mass is 9.91. The second-order valence-electron chi connectivity index (χ2n) is 12.4. The number of piperidine rings is 1. The van der Waals surface area contributed by atoms with Crippen LogP contribution in [0.1, 0.15) is 48.4 Å². The summed E-state index contributed by atoms with van der Waals surface area (Å²) in [5.41, 5.74) is 1.77. The summed E-state index contributed by atoms with van der Waals surface area (Å²) in [6.07, 6.45) is 3.39. The third-order valence-corrected chi connectivity index (χ3v) is 9.66. The Morgan fingerprint density at radius 2 is 1.83 bits per heavy atom. The van der Waals surface area contributed by atoms with Crippen LogP contribution in [-0.4, -0.2) is 99.7 Å². The summed E-state index contributed by atoms with van der Waals surface area (Å²) in [5.74, 6) is -1.56. The number of para-hydroxylation sites is 2. The molecule has 2 aliphatic heterocycles. The number of nitrogens with one attached hydrogen (secondary N) is 3. The fourth-order valence-corrected chi connectivity index (χ4v) is 7.07. The SMILES string of the molecule is COC[C@H](NC(=O)[C@@H]1C[C@@H](OCc2ccc(Cl)cc2)CN1C(=O)[C@@H](CCC1CCNCC1)NS(C)(=O)=O)C(=O)c1nc2ccccc2o1. The molecule has 4 atom stereocenters. The number of hydrogen-bond acceptors (Lipinski definition) is 10. The van der Waals surface area contributed by atoms with Crippen LogP contribution in [0.3, 0.4) is 0 Å². The monoisotopic (exact) mass is 703 g/mol. The Morgan fingerprint density at radius 1 is 1.10 bits per heavy atom. The number of Topliss-reactive ketones (excluding diaryl/α,β-unsaturated/α-hetero) is 1. The molecule has 13 nitrogen and oxygen atoms in total. The van der Waals surface area contributed by atoms with Gasteiger partial charge in [0.2, 0.25) is 27.6 Å². The summed E-state index contributed by atoms with van der Waals surface area (Å²) in [7, 11) is -2.37. The number of hydrogen-bond donors (Lipinski definition) is 3. The summed E-state index contributed by atoms with van der Waals surface area (Å²) in [6.45, 7) is 1.83. The highest BCUT2D eigenvalue weighted by Crippen LogP contribution is 2.26. The van der Waals surface area contributed by atoms with Gasteiger partial charge in [0.1, 0.15) is 23.6 Å². The maximum atomic E-state index is 14.2. The molecule has 0 aliphatic carbocycles.